The number of aromatic amines is 1. The molecule has 0 fully saturated rings. The van der Waals surface area contributed by atoms with Gasteiger partial charge in [-0.15, -0.1) is 0 Å². The molecular formula is C87H125N25O36S2. The zero-order chi connectivity index (χ0) is 112. The molecule has 0 unspecified atom stereocenters. The number of nitrogens with zero attached hydrogens (tertiary/aromatic N) is 5. The Morgan fingerprint density at radius 3 is 1.34 bits per heavy atom. The first-order valence-electron chi connectivity index (χ1n) is 45.9. The fourth-order valence-corrected chi connectivity index (χ4v) is 14.8. The number of hydrogen-bond acceptors (Lipinski definition) is 42. The number of carbonyl (C=O) groups is 18. The van der Waals surface area contributed by atoms with Crippen LogP contribution in [-0.4, -0.2) is 388 Å². The van der Waals surface area contributed by atoms with Gasteiger partial charge in [-0.3, -0.25) is 82.3 Å². The summed E-state index contributed by atoms with van der Waals surface area (Å²) >= 11 is 0. The summed E-state index contributed by atoms with van der Waals surface area (Å²) in [4.78, 5) is 276. The van der Waals surface area contributed by atoms with E-state index in [1.54, 1.807) is 0 Å². The topological polar surface area (TPSA) is 1020 Å². The number of nitrogens with one attached hydrogen (secondary N) is 17. The number of carboxylic acids is 5. The molecule has 0 saturated heterocycles. The smallest absolute Gasteiger partial charge is 0.426 e. The average Bonchev–Trinajstić information content (AvgIpc) is 0.807. The second-order valence-electron chi connectivity index (χ2n) is 33.0. The average molecular weight is 2160 g/mol. The van der Waals surface area contributed by atoms with Gasteiger partial charge in [-0.1, -0.05) is 33.9 Å². The molecule has 150 heavy (non-hydrogen) atoms. The number of aromatic nitrogens is 4. The second kappa shape index (κ2) is 67.6. The van der Waals surface area contributed by atoms with Gasteiger partial charge in [0.05, 0.1) is 87.2 Å². The van der Waals surface area contributed by atoms with Crippen LogP contribution in [0.1, 0.15) is 142 Å². The third kappa shape index (κ3) is 49.9. The Balaban J connectivity index is 1.59. The molecule has 16 atom stereocenters. The van der Waals surface area contributed by atoms with Crippen molar-refractivity contribution in [2.45, 2.75) is 219 Å². The van der Waals surface area contributed by atoms with Crippen molar-refractivity contribution in [1.29, 1.82) is 5.41 Å². The minimum Gasteiger partial charge on any atom is -0.481 e. The summed E-state index contributed by atoms with van der Waals surface area (Å²) in [6.07, 6.45) is -24.8. The van der Waals surface area contributed by atoms with Crippen molar-refractivity contribution in [3.8, 4) is 0 Å². The van der Waals surface area contributed by atoms with Crippen molar-refractivity contribution in [1.82, 2.24) is 89.3 Å². The molecule has 0 radical (unpaired) electrons. The van der Waals surface area contributed by atoms with Gasteiger partial charge in [0.2, 0.25) is 65.0 Å². The van der Waals surface area contributed by atoms with Gasteiger partial charge < -0.3 is 178 Å². The van der Waals surface area contributed by atoms with E-state index in [4.69, 9.17) is 27.3 Å². The SMILES string of the molecule is C=C=C(N=CC(=N)CNc1ccc(C(=O)N[C@@H](CCC(=O)NNC(=O)OCCSSC[C@@H](NC(=O)[C@H](CCC(=O)NC[C@H](O)C[C@H](O)[C@H](O)CO)NC(=O)[C@@H](CCC(=O)O)NC(=O)[C@H](CCC(=O)NC[C@H](O)C[C@H](O)[C@H](O)CO)NC(=O)[C@@H](CCC(=O)O)NC(=O)[C@H](CCC(=O)NCCC[C@H](O)[C@H](O)CO)NC(=O)CC[C@@H](NC(=O)c2ccc(NCc3cnc4nc(N)[nH]c(=O)c4n3)cc2)C(=O)O)C(=O)O)C(=O)O)cc1)N=C(N)N. The Bertz CT molecular complexity index is 5430. The fourth-order valence-electron chi connectivity index (χ4n) is 12.8. The molecule has 0 bridgehead atoms. The first-order chi connectivity index (χ1) is 71.0. The van der Waals surface area contributed by atoms with Gasteiger partial charge >= 0.3 is 35.9 Å². The summed E-state index contributed by atoms with van der Waals surface area (Å²) in [5, 5.41) is 198. The Labute approximate surface area is 859 Å². The van der Waals surface area contributed by atoms with Crippen LogP contribution in [0.25, 0.3) is 11.2 Å². The molecule has 2 aromatic heterocycles. The summed E-state index contributed by atoms with van der Waals surface area (Å²) in [6, 6.07) is -4.99. The van der Waals surface area contributed by atoms with Crippen molar-refractivity contribution in [2.24, 2.45) is 21.5 Å². The van der Waals surface area contributed by atoms with Gasteiger partial charge in [-0.05, 0) is 106 Å². The number of carboxylic acid groups (broad SMARTS) is 5. The zero-order valence-corrected chi connectivity index (χ0v) is 82.0. The summed E-state index contributed by atoms with van der Waals surface area (Å²) in [5.41, 5.74) is 22.8. The van der Waals surface area contributed by atoms with Crippen molar-refractivity contribution < 1.29 is 173 Å². The number of amides is 13. The molecular weight excluding hydrogens is 2040 g/mol. The maximum absolute atomic E-state index is 14.9. The number of aliphatic imine (C=N–C) groups is 2. The molecule has 4 rings (SSSR count). The Morgan fingerprint density at radius 2 is 0.900 bits per heavy atom. The van der Waals surface area contributed by atoms with Crippen molar-refractivity contribution in [3.05, 3.63) is 100 Å². The quantitative estimate of drug-likeness (QED) is 0.00487. The van der Waals surface area contributed by atoms with Gasteiger partial charge in [0.1, 0.15) is 73.3 Å². The summed E-state index contributed by atoms with van der Waals surface area (Å²) in [5.74, 6) is -23.8. The van der Waals surface area contributed by atoms with Crippen LogP contribution in [0, 0.1) is 5.41 Å². The molecule has 0 spiro atoms. The number of fused-ring (bicyclic) bond motifs is 1. The summed E-state index contributed by atoms with van der Waals surface area (Å²) in [7, 11) is 1.58. The number of carbonyl (C=O) groups excluding carboxylic acids is 13. The first-order valence-corrected chi connectivity index (χ1v) is 48.4. The monoisotopic (exact) mass is 2160 g/mol. The minimum atomic E-state index is -2.22. The molecule has 0 aliphatic rings. The van der Waals surface area contributed by atoms with E-state index in [-0.39, 0.29) is 89.7 Å². The number of ether oxygens (including phenoxy) is 1. The second-order valence-corrected chi connectivity index (χ2v) is 35.6. The highest BCUT2D eigenvalue weighted by molar-refractivity contribution is 8.76. The van der Waals surface area contributed by atoms with Crippen LogP contribution in [0.15, 0.2) is 87.6 Å². The van der Waals surface area contributed by atoms with E-state index in [1.165, 1.54) is 54.7 Å². The Morgan fingerprint density at radius 1 is 0.487 bits per heavy atom. The number of rotatable bonds is 72. The van der Waals surface area contributed by atoms with Gasteiger partial charge in [0.15, 0.2) is 22.9 Å². The lowest BCUT2D eigenvalue weighted by Crippen LogP contribution is -2.59. The number of aliphatic hydroxyl groups is 11. The van der Waals surface area contributed by atoms with Crippen LogP contribution in [0.5, 0.6) is 0 Å². The first kappa shape index (κ1) is 127. The van der Waals surface area contributed by atoms with E-state index in [9.17, 15) is 173 Å². The molecule has 61 nitrogen and oxygen atoms in total. The molecule has 0 saturated carbocycles. The standard InChI is InChI=1S/C87H125N25O36S2/c1-2-64(108-85(89)90)95-33-44(88)32-93-45-9-5-42(6-10-45)75(134)106-56(83(143)144)17-24-69(128)111-112-87(147)148-28-29-149-150-41-57(84(145)146)107-80(139)52(15-22-67(126)97-37-49(117)31-60(120)63(123)40-115)102-79(138)54(19-26-71(131)132)104-77(136)51(14-21-66(125)96-36-48(116)30-59(119)62(122)39-114)101-78(137)53(18-25-70(129)130)103-76(135)50(13-20-65(124)92-27-3-4-58(118)61(121)38-113)100-68(127)23-16-55(82(141)142)105-74(133)43-7-11-46(12-8-43)94-34-47-35-98-73-72(99-47)81(140)110-86(91)109-73/h5-12,33,35,48-63,88,93-94,113-123H,1,3-4,13-32,34,36-41H2,(H,92,124)(H,96,125)(H,97,126)(H,100,127)(H,101,137)(H,102,138)(H,103,135)(H,104,136)(H,105,133)(H,106,134)(H,107,139)(H,111,128)(H,112,147)(H,129,130)(H,131,132)(H,141,142)(H,143,144)(H,145,146)(H4,89,90,108)(H3,91,98,109,110,140)/t48-,49-,50+,51+,52+,53-,54-,55-,56+,57-,58+,59+,60+,61-,62-,63-/m1/s1. The number of H-pyrrole nitrogens is 1. The third-order valence-electron chi connectivity index (χ3n) is 21.1. The zero-order valence-electron chi connectivity index (χ0n) is 80.3. The predicted molar refractivity (Wildman–Crippen MR) is 527 cm³/mol. The van der Waals surface area contributed by atoms with Crippen LogP contribution >= 0.6 is 21.6 Å². The molecule has 2 aromatic carbocycles. The van der Waals surface area contributed by atoms with E-state index in [0.717, 1.165) is 27.8 Å². The molecule has 13 amide bonds. The Kier molecular flexibility index (Phi) is 57.2. The Hall–Kier alpha value is -15.3. The number of nitrogens with two attached hydrogens (primary N) is 3. The molecule has 0 aliphatic heterocycles. The number of anilines is 3. The van der Waals surface area contributed by atoms with Gasteiger partial charge in [0, 0.05) is 111 Å². The third-order valence-corrected chi connectivity index (χ3v) is 23.5. The van der Waals surface area contributed by atoms with Gasteiger partial charge in [-0.2, -0.15) is 9.98 Å². The van der Waals surface area contributed by atoms with Crippen LogP contribution in [-0.2, 0) is 83.2 Å². The molecule has 826 valence electrons. The number of guanidine groups is 1. The molecule has 63 heteroatoms. The van der Waals surface area contributed by atoms with Crippen LogP contribution in [0.2, 0.25) is 0 Å². The summed E-state index contributed by atoms with van der Waals surface area (Å²) < 4.78 is 5.02. The number of hydrogen-bond donors (Lipinski definition) is 36. The lowest BCUT2D eigenvalue weighted by molar-refractivity contribution is -0.142. The maximum atomic E-state index is 14.9. The highest BCUT2D eigenvalue weighted by atomic mass is 33.1. The molecule has 0 aliphatic carbocycles. The number of aliphatic carboxylic acids is 5. The molecule has 4 aromatic rings. The van der Waals surface area contributed by atoms with Crippen LogP contribution < -0.4 is 103 Å². The number of hydrazine groups is 1. The number of benzene rings is 2. The number of nitrogen functional groups attached to an aromatic ring is 1. The molecule has 39 N–H and O–H groups in total. The van der Waals surface area contributed by atoms with Crippen LogP contribution in [0.3, 0.4) is 0 Å². The van der Waals surface area contributed by atoms with E-state index >= 15 is 0 Å². The number of aliphatic hydroxyl groups excluding tert-OH is 11. The van der Waals surface area contributed by atoms with E-state index in [0.29, 0.717) is 11.4 Å². The van der Waals surface area contributed by atoms with Crippen molar-refractivity contribution in [3.63, 3.8) is 0 Å². The van der Waals surface area contributed by atoms with Crippen molar-refractivity contribution >= 4 is 175 Å². The van der Waals surface area contributed by atoms with Gasteiger partial charge in [0.25, 0.3) is 17.4 Å². The van der Waals surface area contributed by atoms with Crippen molar-refractivity contribution in [2.75, 3.05) is 80.5 Å². The van der Waals surface area contributed by atoms with Crippen LogP contribution in [0.4, 0.5) is 22.1 Å². The normalized spacial score (nSPS) is 14.3. The largest absolute Gasteiger partial charge is 0.481 e. The van der Waals surface area contributed by atoms with Gasteiger partial charge in [-0.25, -0.2) is 39.6 Å². The highest BCUT2D eigenvalue weighted by Crippen LogP contribution is 2.23. The lowest BCUT2D eigenvalue weighted by Gasteiger charge is -2.27. The predicted octanol–water partition coefficient (Wildman–Crippen LogP) is -10.1. The van der Waals surface area contributed by atoms with E-state index in [1.807, 2.05) is 10.9 Å². The van der Waals surface area contributed by atoms with E-state index < -0.39 is 358 Å². The molecule has 2 heterocycles. The minimum absolute atomic E-state index is 0.00375. The summed E-state index contributed by atoms with van der Waals surface area (Å²) in [6.45, 7) is -1.37. The van der Waals surface area contributed by atoms with E-state index in [2.05, 4.69) is 111 Å². The fraction of sp³-hybridized carbons (Fsp3) is 0.517. The maximum Gasteiger partial charge on any atom is 0.426 e. The lowest BCUT2D eigenvalue weighted by atomic mass is 10.0. The highest BCUT2D eigenvalue weighted by Gasteiger charge is 2.37.